The van der Waals surface area contributed by atoms with Crippen molar-refractivity contribution in [1.82, 2.24) is 9.97 Å². The number of thioether (sulfide) groups is 1. The SMILES string of the molecule is Nc1nc(N)c2c(n1)CCS2. The third-order valence-corrected chi connectivity index (χ3v) is 2.71. The van der Waals surface area contributed by atoms with Crippen LogP contribution in [0.5, 0.6) is 0 Å². The van der Waals surface area contributed by atoms with Crippen LogP contribution in [0.2, 0.25) is 0 Å². The Bertz CT molecular complexity index is 299. The standard InChI is InChI=1S/C6H8N4S/c7-5-4-3(1-2-11-4)9-6(8)10-5/h1-2H2,(H4,7,8,9,10). The fraction of sp³-hybridized carbons (Fsp3) is 0.333. The van der Waals surface area contributed by atoms with E-state index in [1.807, 2.05) is 0 Å². The summed E-state index contributed by atoms with van der Waals surface area (Å²) in [6.45, 7) is 0. The van der Waals surface area contributed by atoms with Crippen LogP contribution in [0.4, 0.5) is 11.8 Å². The first kappa shape index (κ1) is 6.72. The zero-order valence-corrected chi connectivity index (χ0v) is 6.69. The van der Waals surface area contributed by atoms with Gasteiger partial charge in [0.1, 0.15) is 5.82 Å². The van der Waals surface area contributed by atoms with Gasteiger partial charge in [-0.3, -0.25) is 0 Å². The summed E-state index contributed by atoms with van der Waals surface area (Å²) in [5.74, 6) is 1.84. The van der Waals surface area contributed by atoms with Crippen LogP contribution in [0.25, 0.3) is 0 Å². The van der Waals surface area contributed by atoms with Gasteiger partial charge in [-0.15, -0.1) is 11.8 Å². The predicted octanol–water partition coefficient (Wildman–Crippen LogP) is 0.289. The van der Waals surface area contributed by atoms with Crippen LogP contribution in [0.1, 0.15) is 5.69 Å². The normalized spacial score (nSPS) is 14.9. The number of aromatic nitrogens is 2. The largest absolute Gasteiger partial charge is 0.383 e. The molecule has 5 heteroatoms. The van der Waals surface area contributed by atoms with E-state index in [1.54, 1.807) is 11.8 Å². The highest BCUT2D eigenvalue weighted by Gasteiger charge is 2.17. The number of aryl methyl sites for hydroxylation is 1. The van der Waals surface area contributed by atoms with E-state index in [4.69, 9.17) is 11.5 Å². The fourth-order valence-electron chi connectivity index (χ4n) is 1.11. The van der Waals surface area contributed by atoms with E-state index in [1.165, 1.54) is 0 Å². The zero-order chi connectivity index (χ0) is 7.84. The molecule has 4 N–H and O–H groups in total. The number of anilines is 2. The van der Waals surface area contributed by atoms with Crippen LogP contribution in [0.3, 0.4) is 0 Å². The second-order valence-corrected chi connectivity index (χ2v) is 3.45. The average Bonchev–Trinajstić information content (AvgIpc) is 2.34. The number of fused-ring (bicyclic) bond motifs is 1. The molecule has 4 nitrogen and oxygen atoms in total. The summed E-state index contributed by atoms with van der Waals surface area (Å²) < 4.78 is 0. The number of rotatable bonds is 0. The van der Waals surface area contributed by atoms with Gasteiger partial charge < -0.3 is 11.5 Å². The van der Waals surface area contributed by atoms with E-state index in [2.05, 4.69) is 9.97 Å². The highest BCUT2D eigenvalue weighted by Crippen LogP contribution is 2.33. The summed E-state index contributed by atoms with van der Waals surface area (Å²) in [6, 6.07) is 0. The van der Waals surface area contributed by atoms with Gasteiger partial charge in [0.25, 0.3) is 0 Å². The van der Waals surface area contributed by atoms with Gasteiger partial charge >= 0.3 is 0 Å². The molecule has 0 fully saturated rings. The maximum absolute atomic E-state index is 5.62. The molecule has 0 amide bonds. The molecule has 0 radical (unpaired) electrons. The highest BCUT2D eigenvalue weighted by atomic mass is 32.2. The quantitative estimate of drug-likeness (QED) is 0.582. The van der Waals surface area contributed by atoms with Crippen LogP contribution in [0, 0.1) is 0 Å². The lowest BCUT2D eigenvalue weighted by atomic mass is 10.3. The molecule has 58 valence electrons. The minimum atomic E-state index is 0.281. The number of nitrogen functional groups attached to an aromatic ring is 2. The average molecular weight is 168 g/mol. The van der Waals surface area contributed by atoms with Gasteiger partial charge in [-0.2, -0.15) is 4.98 Å². The zero-order valence-electron chi connectivity index (χ0n) is 5.87. The van der Waals surface area contributed by atoms with E-state index in [9.17, 15) is 0 Å². The first-order valence-electron chi connectivity index (χ1n) is 3.32. The third-order valence-electron chi connectivity index (χ3n) is 1.56. The Morgan fingerprint density at radius 2 is 2.09 bits per heavy atom. The topological polar surface area (TPSA) is 77.8 Å². The van der Waals surface area contributed by atoms with Gasteiger partial charge in [0, 0.05) is 12.2 Å². The molecule has 0 unspecified atom stereocenters. The predicted molar refractivity (Wildman–Crippen MR) is 45.3 cm³/mol. The third kappa shape index (κ3) is 1.01. The fourth-order valence-corrected chi connectivity index (χ4v) is 2.12. The molecule has 0 saturated carbocycles. The van der Waals surface area contributed by atoms with Crippen molar-refractivity contribution >= 4 is 23.5 Å². The second kappa shape index (κ2) is 2.27. The molecule has 1 aromatic rings. The van der Waals surface area contributed by atoms with E-state index >= 15 is 0 Å². The maximum atomic E-state index is 5.62. The van der Waals surface area contributed by atoms with Gasteiger partial charge in [-0.05, 0) is 0 Å². The Kier molecular flexibility index (Phi) is 1.38. The van der Waals surface area contributed by atoms with Crippen molar-refractivity contribution in [3.63, 3.8) is 0 Å². The van der Waals surface area contributed by atoms with Crippen molar-refractivity contribution in [3.8, 4) is 0 Å². The summed E-state index contributed by atoms with van der Waals surface area (Å²) in [7, 11) is 0. The van der Waals surface area contributed by atoms with E-state index in [-0.39, 0.29) is 5.95 Å². The Morgan fingerprint density at radius 3 is 2.91 bits per heavy atom. The molecular weight excluding hydrogens is 160 g/mol. The molecule has 1 aromatic heterocycles. The van der Waals surface area contributed by atoms with Gasteiger partial charge in [0.05, 0.1) is 10.6 Å². The van der Waals surface area contributed by atoms with Crippen molar-refractivity contribution in [1.29, 1.82) is 0 Å². The molecule has 0 atom stereocenters. The molecule has 2 heterocycles. The molecule has 11 heavy (non-hydrogen) atoms. The van der Waals surface area contributed by atoms with Gasteiger partial charge in [0.2, 0.25) is 5.95 Å². The van der Waals surface area contributed by atoms with Crippen molar-refractivity contribution in [3.05, 3.63) is 5.69 Å². The number of nitrogens with two attached hydrogens (primary N) is 2. The van der Waals surface area contributed by atoms with E-state index in [0.29, 0.717) is 5.82 Å². The molecule has 2 rings (SSSR count). The Balaban J connectivity index is 2.60. The first-order valence-corrected chi connectivity index (χ1v) is 4.30. The highest BCUT2D eigenvalue weighted by molar-refractivity contribution is 7.99. The molecule has 1 aliphatic heterocycles. The molecule has 1 aliphatic rings. The monoisotopic (exact) mass is 168 g/mol. The van der Waals surface area contributed by atoms with E-state index in [0.717, 1.165) is 22.8 Å². The molecule has 0 spiro atoms. The number of hydrogen-bond acceptors (Lipinski definition) is 5. The van der Waals surface area contributed by atoms with Crippen LogP contribution in [-0.4, -0.2) is 15.7 Å². The van der Waals surface area contributed by atoms with Crippen LogP contribution < -0.4 is 11.5 Å². The molecule has 0 bridgehead atoms. The number of nitrogens with zero attached hydrogens (tertiary/aromatic N) is 2. The molecule has 0 aromatic carbocycles. The first-order chi connectivity index (χ1) is 5.27. The minimum Gasteiger partial charge on any atom is -0.383 e. The summed E-state index contributed by atoms with van der Waals surface area (Å²) in [5.41, 5.74) is 12.0. The lowest BCUT2D eigenvalue weighted by molar-refractivity contribution is 0.995. The van der Waals surface area contributed by atoms with Crippen molar-refractivity contribution in [2.75, 3.05) is 17.2 Å². The Morgan fingerprint density at radius 1 is 1.27 bits per heavy atom. The Hall–Kier alpha value is -0.970. The summed E-state index contributed by atoms with van der Waals surface area (Å²) in [5, 5.41) is 0. The van der Waals surface area contributed by atoms with Crippen LogP contribution in [0.15, 0.2) is 4.90 Å². The summed E-state index contributed by atoms with van der Waals surface area (Å²) in [4.78, 5) is 8.96. The summed E-state index contributed by atoms with van der Waals surface area (Å²) >= 11 is 1.70. The lowest BCUT2D eigenvalue weighted by Crippen LogP contribution is -2.02. The minimum absolute atomic E-state index is 0.281. The molecule has 0 saturated heterocycles. The molecular formula is C6H8N4S. The van der Waals surface area contributed by atoms with Gasteiger partial charge in [-0.1, -0.05) is 0 Å². The van der Waals surface area contributed by atoms with Crippen LogP contribution in [-0.2, 0) is 6.42 Å². The maximum Gasteiger partial charge on any atom is 0.222 e. The van der Waals surface area contributed by atoms with Gasteiger partial charge in [0.15, 0.2) is 0 Å². The molecule has 0 aliphatic carbocycles. The van der Waals surface area contributed by atoms with E-state index < -0.39 is 0 Å². The van der Waals surface area contributed by atoms with Crippen LogP contribution >= 0.6 is 11.8 Å². The summed E-state index contributed by atoms with van der Waals surface area (Å²) in [6.07, 6.45) is 0.955. The van der Waals surface area contributed by atoms with Crippen molar-refractivity contribution in [2.45, 2.75) is 11.3 Å². The van der Waals surface area contributed by atoms with Crippen molar-refractivity contribution in [2.24, 2.45) is 0 Å². The lowest BCUT2D eigenvalue weighted by Gasteiger charge is -2.00. The Labute approximate surface area is 68.4 Å². The smallest absolute Gasteiger partial charge is 0.222 e. The number of hydrogen-bond donors (Lipinski definition) is 2. The second-order valence-electron chi connectivity index (χ2n) is 2.34. The van der Waals surface area contributed by atoms with Gasteiger partial charge in [-0.25, -0.2) is 4.98 Å². The van der Waals surface area contributed by atoms with Crippen molar-refractivity contribution < 1.29 is 0 Å².